The van der Waals surface area contributed by atoms with Gasteiger partial charge < -0.3 is 14.0 Å². The van der Waals surface area contributed by atoms with Crippen LogP contribution in [0.15, 0.2) is 12.7 Å². The van der Waals surface area contributed by atoms with Gasteiger partial charge in [0.2, 0.25) is 0 Å². The zero-order chi connectivity index (χ0) is 13.4. The summed E-state index contributed by atoms with van der Waals surface area (Å²) < 4.78 is 5.81. The smallest absolute Gasteiger partial charge is 0.329 e. The molecule has 0 aromatic carbocycles. The second-order valence-electron chi connectivity index (χ2n) is 6.02. The van der Waals surface area contributed by atoms with Crippen molar-refractivity contribution in [1.29, 1.82) is 0 Å². The van der Waals surface area contributed by atoms with Gasteiger partial charge in [0, 0.05) is 5.04 Å². The summed E-state index contributed by atoms with van der Waals surface area (Å²) >= 11 is 0. The van der Waals surface area contributed by atoms with Gasteiger partial charge in [0.25, 0.3) is 0 Å². The molecule has 1 unspecified atom stereocenters. The standard InChI is InChI=1S/C11H26O3Si2/c1-9-11(4,15(5,6)12)10(2,3)14-16(7,8)13/h9,12-13H,1H2,2-8H3. The van der Waals surface area contributed by atoms with Gasteiger partial charge in [-0.3, -0.25) is 0 Å². The summed E-state index contributed by atoms with van der Waals surface area (Å²) in [5.74, 6) is 0. The Morgan fingerprint density at radius 1 is 1.06 bits per heavy atom. The SMILES string of the molecule is C=CC(C)(C(C)(C)O[Si](C)(C)O)[Si](C)(C)O. The molecule has 5 heteroatoms. The molecule has 0 aromatic heterocycles. The summed E-state index contributed by atoms with van der Waals surface area (Å²) in [5.41, 5.74) is -0.621. The molecule has 0 aliphatic carbocycles. The van der Waals surface area contributed by atoms with E-state index in [1.165, 1.54) is 0 Å². The zero-order valence-corrected chi connectivity index (χ0v) is 13.6. The van der Waals surface area contributed by atoms with E-state index in [-0.39, 0.29) is 0 Å². The van der Waals surface area contributed by atoms with Crippen molar-refractivity contribution >= 4 is 16.9 Å². The van der Waals surface area contributed by atoms with E-state index in [0.29, 0.717) is 0 Å². The quantitative estimate of drug-likeness (QED) is 0.591. The van der Waals surface area contributed by atoms with Gasteiger partial charge in [0.1, 0.15) is 0 Å². The van der Waals surface area contributed by atoms with Crippen molar-refractivity contribution in [1.82, 2.24) is 0 Å². The van der Waals surface area contributed by atoms with Crippen LogP contribution in [-0.2, 0) is 4.43 Å². The predicted molar refractivity (Wildman–Crippen MR) is 73.1 cm³/mol. The highest BCUT2D eigenvalue weighted by molar-refractivity contribution is 6.74. The van der Waals surface area contributed by atoms with Gasteiger partial charge in [-0.2, -0.15) is 0 Å². The second kappa shape index (κ2) is 4.38. The lowest BCUT2D eigenvalue weighted by atomic mass is 9.92. The Morgan fingerprint density at radius 3 is 1.62 bits per heavy atom. The molecule has 0 amide bonds. The van der Waals surface area contributed by atoms with Crippen molar-refractivity contribution < 1.29 is 14.0 Å². The Bertz CT molecular complexity index is 263. The minimum absolute atomic E-state index is 0.507. The fraction of sp³-hybridized carbons (Fsp3) is 0.818. The molecule has 0 bridgehead atoms. The molecule has 0 aromatic rings. The molecule has 0 rings (SSSR count). The van der Waals surface area contributed by atoms with Crippen LogP contribution in [0.1, 0.15) is 20.8 Å². The van der Waals surface area contributed by atoms with E-state index in [1.807, 2.05) is 33.9 Å². The van der Waals surface area contributed by atoms with Gasteiger partial charge in [0.15, 0.2) is 8.32 Å². The van der Waals surface area contributed by atoms with Gasteiger partial charge in [-0.25, -0.2) is 0 Å². The van der Waals surface area contributed by atoms with Crippen LogP contribution in [0.3, 0.4) is 0 Å². The van der Waals surface area contributed by atoms with Crippen LogP contribution in [0.5, 0.6) is 0 Å². The lowest BCUT2D eigenvalue weighted by Crippen LogP contribution is -2.56. The van der Waals surface area contributed by atoms with Crippen molar-refractivity contribution in [3.05, 3.63) is 12.7 Å². The molecule has 0 radical (unpaired) electrons. The van der Waals surface area contributed by atoms with Crippen molar-refractivity contribution in [3.63, 3.8) is 0 Å². The van der Waals surface area contributed by atoms with Crippen LogP contribution in [0.25, 0.3) is 0 Å². The van der Waals surface area contributed by atoms with E-state index in [1.54, 1.807) is 19.2 Å². The van der Waals surface area contributed by atoms with Crippen LogP contribution in [0.4, 0.5) is 0 Å². The van der Waals surface area contributed by atoms with Crippen molar-refractivity contribution in [2.75, 3.05) is 0 Å². The van der Waals surface area contributed by atoms with Gasteiger partial charge in [-0.05, 0) is 40.0 Å². The monoisotopic (exact) mass is 262 g/mol. The molecule has 0 aliphatic rings. The van der Waals surface area contributed by atoms with Crippen LogP contribution in [0, 0.1) is 0 Å². The molecule has 3 nitrogen and oxygen atoms in total. The van der Waals surface area contributed by atoms with Gasteiger partial charge >= 0.3 is 8.56 Å². The van der Waals surface area contributed by atoms with Gasteiger partial charge in [-0.15, -0.1) is 6.58 Å². The maximum Gasteiger partial charge on any atom is 0.329 e. The molecule has 0 saturated heterocycles. The summed E-state index contributed by atoms with van der Waals surface area (Å²) in [4.78, 5) is 20.3. The normalized spacial score (nSPS) is 18.1. The minimum atomic E-state index is -2.63. The van der Waals surface area contributed by atoms with Gasteiger partial charge in [-0.1, -0.05) is 13.0 Å². The average molecular weight is 262 g/mol. The molecule has 0 heterocycles. The lowest BCUT2D eigenvalue weighted by molar-refractivity contribution is 0.0391. The number of rotatable bonds is 5. The van der Waals surface area contributed by atoms with Crippen LogP contribution in [-0.4, -0.2) is 32.1 Å². The maximum atomic E-state index is 10.4. The van der Waals surface area contributed by atoms with Crippen molar-refractivity contribution in [2.24, 2.45) is 0 Å². The van der Waals surface area contributed by atoms with E-state index in [9.17, 15) is 9.59 Å². The molecule has 0 fully saturated rings. The highest BCUT2D eigenvalue weighted by atomic mass is 28.4. The predicted octanol–water partition coefficient (Wildman–Crippen LogP) is 2.62. The lowest BCUT2D eigenvalue weighted by Gasteiger charge is -2.49. The highest BCUT2D eigenvalue weighted by Gasteiger charge is 2.53. The summed E-state index contributed by atoms with van der Waals surface area (Å²) in [6, 6.07) is 0. The fourth-order valence-electron chi connectivity index (χ4n) is 1.96. The number of hydrogen-bond donors (Lipinski definition) is 2. The van der Waals surface area contributed by atoms with E-state index < -0.39 is 27.5 Å². The summed E-state index contributed by atoms with van der Waals surface area (Å²) in [6.45, 7) is 16.8. The number of hydrogen-bond acceptors (Lipinski definition) is 3. The highest BCUT2D eigenvalue weighted by Crippen LogP contribution is 2.49. The summed E-state index contributed by atoms with van der Waals surface area (Å²) in [5, 5.41) is -0.507. The maximum absolute atomic E-state index is 10.4. The van der Waals surface area contributed by atoms with E-state index in [0.717, 1.165) is 0 Å². The average Bonchev–Trinajstić information content (AvgIpc) is 1.95. The van der Waals surface area contributed by atoms with Crippen molar-refractivity contribution in [3.8, 4) is 0 Å². The molecule has 0 spiro atoms. The fourth-order valence-corrected chi connectivity index (χ4v) is 5.55. The Balaban J connectivity index is 5.33. The molecule has 0 saturated carbocycles. The van der Waals surface area contributed by atoms with Crippen molar-refractivity contribution in [2.45, 2.75) is 57.6 Å². The molecule has 2 N–H and O–H groups in total. The van der Waals surface area contributed by atoms with Crippen LogP contribution >= 0.6 is 0 Å². The first-order chi connectivity index (χ1) is 6.77. The first-order valence-electron chi connectivity index (χ1n) is 5.55. The molecule has 1 atom stereocenters. The van der Waals surface area contributed by atoms with Crippen LogP contribution < -0.4 is 0 Å². The first-order valence-corrected chi connectivity index (χ1v) is 11.4. The Labute approximate surface area is 102 Å². The Morgan fingerprint density at radius 2 is 1.44 bits per heavy atom. The van der Waals surface area contributed by atoms with Gasteiger partial charge in [0.05, 0.1) is 5.60 Å². The molecular weight excluding hydrogens is 236 g/mol. The molecule has 96 valence electrons. The molecule has 16 heavy (non-hydrogen) atoms. The largest absolute Gasteiger partial charge is 0.431 e. The third kappa shape index (κ3) is 3.27. The van der Waals surface area contributed by atoms with Crippen LogP contribution in [0.2, 0.25) is 31.2 Å². The van der Waals surface area contributed by atoms with E-state index >= 15 is 0 Å². The Hall–Kier alpha value is 0.0538. The third-order valence-corrected chi connectivity index (χ3v) is 7.79. The zero-order valence-electron chi connectivity index (χ0n) is 11.6. The first kappa shape index (κ1) is 16.1. The Kier molecular flexibility index (Phi) is 4.39. The minimum Gasteiger partial charge on any atom is -0.431 e. The molecular formula is C11H26O3Si2. The third-order valence-electron chi connectivity index (χ3n) is 3.43. The van der Waals surface area contributed by atoms with E-state index in [4.69, 9.17) is 4.43 Å². The second-order valence-corrected chi connectivity index (χ2v) is 13.3. The summed E-state index contributed by atoms with van der Waals surface area (Å²) in [7, 11) is -5.11. The summed E-state index contributed by atoms with van der Waals surface area (Å²) in [6.07, 6.45) is 1.76. The van der Waals surface area contributed by atoms with E-state index in [2.05, 4.69) is 6.58 Å². The topological polar surface area (TPSA) is 49.7 Å². The molecule has 0 aliphatic heterocycles.